The zero-order chi connectivity index (χ0) is 14.1. The molecule has 0 aliphatic carbocycles. The van der Waals surface area contributed by atoms with Crippen molar-refractivity contribution in [2.45, 2.75) is 38.9 Å². The van der Waals surface area contributed by atoms with Crippen LogP contribution in [-0.2, 0) is 15.9 Å². The van der Waals surface area contributed by atoms with E-state index in [0.717, 1.165) is 5.56 Å². The molecule has 1 aromatic carbocycles. The van der Waals surface area contributed by atoms with E-state index in [9.17, 15) is 4.79 Å². The summed E-state index contributed by atoms with van der Waals surface area (Å²) in [5, 5.41) is 0. The van der Waals surface area contributed by atoms with Gasteiger partial charge in [-0.1, -0.05) is 51.1 Å². The summed E-state index contributed by atoms with van der Waals surface area (Å²) in [5.74, 6) is 0. The molecule has 104 valence electrons. The number of hydrogen-bond donors (Lipinski definition) is 1. The van der Waals surface area contributed by atoms with Gasteiger partial charge in [-0.05, 0) is 5.56 Å². The number of carbonyl (C=O) groups excluding carboxylic acids is 1. The van der Waals surface area contributed by atoms with Crippen LogP contribution in [0, 0.1) is 5.41 Å². The fraction of sp³-hybridized carbons (Fsp3) is 0.533. The molecule has 1 fully saturated rings. The molecule has 0 radical (unpaired) electrons. The van der Waals surface area contributed by atoms with Crippen LogP contribution in [0.15, 0.2) is 30.3 Å². The molecule has 0 aromatic heterocycles. The van der Waals surface area contributed by atoms with Gasteiger partial charge in [0, 0.05) is 11.8 Å². The summed E-state index contributed by atoms with van der Waals surface area (Å²) in [7, 11) is 0. The first-order valence-corrected chi connectivity index (χ1v) is 6.49. The predicted octanol–water partition coefficient (Wildman–Crippen LogP) is 2.51. The molecular formula is C15H21NO3. The van der Waals surface area contributed by atoms with Crippen molar-refractivity contribution < 1.29 is 14.3 Å². The number of rotatable bonds is 4. The van der Waals surface area contributed by atoms with Gasteiger partial charge in [0.1, 0.15) is 6.10 Å². The highest BCUT2D eigenvalue weighted by atomic mass is 16.6. The van der Waals surface area contributed by atoms with Gasteiger partial charge in [-0.3, -0.25) is 0 Å². The average Bonchev–Trinajstić information content (AvgIpc) is 3.11. The van der Waals surface area contributed by atoms with E-state index in [4.69, 9.17) is 15.2 Å². The Kier molecular flexibility index (Phi) is 3.54. The molecule has 0 unspecified atom stereocenters. The lowest BCUT2D eigenvalue weighted by atomic mass is 9.70. The van der Waals surface area contributed by atoms with E-state index >= 15 is 0 Å². The Hall–Kier alpha value is -1.55. The van der Waals surface area contributed by atoms with Crippen LogP contribution in [0.4, 0.5) is 4.79 Å². The zero-order valence-corrected chi connectivity index (χ0v) is 11.7. The number of hydrogen-bond acceptors (Lipinski definition) is 3. The van der Waals surface area contributed by atoms with Gasteiger partial charge in [-0.15, -0.1) is 0 Å². The molecule has 0 saturated carbocycles. The normalized spacial score (nSPS) is 21.5. The van der Waals surface area contributed by atoms with E-state index in [-0.39, 0.29) is 11.5 Å². The Labute approximate surface area is 113 Å². The Balaban J connectivity index is 2.34. The lowest BCUT2D eigenvalue weighted by molar-refractivity contribution is -0.0825. The van der Waals surface area contributed by atoms with Gasteiger partial charge in [0.15, 0.2) is 5.60 Å². The SMILES string of the molecule is CC(C)(C)[C@](Cc1ccccc1)(OC(N)=O)[C@@H]1CO1. The molecule has 1 heterocycles. The van der Waals surface area contributed by atoms with Crippen LogP contribution in [0.2, 0.25) is 0 Å². The van der Waals surface area contributed by atoms with E-state index in [2.05, 4.69) is 0 Å². The van der Waals surface area contributed by atoms with Crippen LogP contribution in [0.25, 0.3) is 0 Å². The molecule has 0 bridgehead atoms. The first kappa shape index (κ1) is 13.9. The maximum atomic E-state index is 11.3. The highest BCUT2D eigenvalue weighted by Crippen LogP contribution is 2.45. The second kappa shape index (κ2) is 4.85. The molecular weight excluding hydrogens is 242 g/mol. The van der Waals surface area contributed by atoms with E-state index < -0.39 is 11.7 Å². The number of primary amides is 1. The molecule has 1 aromatic rings. The van der Waals surface area contributed by atoms with E-state index in [0.29, 0.717) is 13.0 Å². The topological polar surface area (TPSA) is 64.8 Å². The van der Waals surface area contributed by atoms with E-state index in [1.807, 2.05) is 51.1 Å². The Morgan fingerprint density at radius 3 is 2.37 bits per heavy atom. The third-order valence-electron chi connectivity index (χ3n) is 3.72. The van der Waals surface area contributed by atoms with Crippen LogP contribution in [0.1, 0.15) is 26.3 Å². The second-order valence-electron chi connectivity index (χ2n) is 6.04. The number of amides is 1. The minimum absolute atomic E-state index is 0.0831. The Bertz CT molecular complexity index is 448. The lowest BCUT2D eigenvalue weighted by Crippen LogP contribution is -2.54. The first-order chi connectivity index (χ1) is 8.85. The monoisotopic (exact) mass is 263 g/mol. The van der Waals surface area contributed by atoms with Gasteiger partial charge in [0.2, 0.25) is 0 Å². The highest BCUT2D eigenvalue weighted by molar-refractivity contribution is 5.65. The van der Waals surface area contributed by atoms with Gasteiger partial charge >= 0.3 is 6.09 Å². The van der Waals surface area contributed by atoms with Crippen molar-refractivity contribution in [3.05, 3.63) is 35.9 Å². The van der Waals surface area contributed by atoms with Crippen molar-refractivity contribution >= 4 is 6.09 Å². The summed E-state index contributed by atoms with van der Waals surface area (Å²) >= 11 is 0. The average molecular weight is 263 g/mol. The molecule has 1 aliphatic heterocycles. The van der Waals surface area contributed by atoms with Crippen molar-refractivity contribution in [3.63, 3.8) is 0 Å². The lowest BCUT2D eigenvalue weighted by Gasteiger charge is -2.42. The number of benzene rings is 1. The zero-order valence-electron chi connectivity index (χ0n) is 11.7. The summed E-state index contributed by atoms with van der Waals surface area (Å²) in [6.07, 6.45) is -0.230. The summed E-state index contributed by atoms with van der Waals surface area (Å²) in [5.41, 5.74) is 5.40. The Morgan fingerprint density at radius 1 is 1.37 bits per heavy atom. The summed E-state index contributed by atoms with van der Waals surface area (Å²) < 4.78 is 11.0. The second-order valence-corrected chi connectivity index (χ2v) is 6.04. The fourth-order valence-electron chi connectivity index (χ4n) is 2.51. The van der Waals surface area contributed by atoms with Gasteiger partial charge in [-0.25, -0.2) is 4.79 Å². The molecule has 2 atom stereocenters. The molecule has 19 heavy (non-hydrogen) atoms. The highest BCUT2D eigenvalue weighted by Gasteiger charge is 2.57. The fourth-order valence-corrected chi connectivity index (χ4v) is 2.51. The third kappa shape index (κ3) is 2.89. The van der Waals surface area contributed by atoms with Crippen LogP contribution in [0.3, 0.4) is 0 Å². The molecule has 4 heteroatoms. The van der Waals surface area contributed by atoms with Crippen LogP contribution in [-0.4, -0.2) is 24.4 Å². The molecule has 1 saturated heterocycles. The standard InChI is InChI=1S/C15H21NO3/c1-14(2,3)15(12-10-18-12,19-13(16)17)9-11-7-5-4-6-8-11/h4-8,12H,9-10H2,1-3H3,(H2,16,17)/t12-,15+/m0/s1. The van der Waals surface area contributed by atoms with Gasteiger partial charge < -0.3 is 15.2 Å². The smallest absolute Gasteiger partial charge is 0.405 e. The number of epoxide rings is 1. The molecule has 4 nitrogen and oxygen atoms in total. The summed E-state index contributed by atoms with van der Waals surface area (Å²) in [6, 6.07) is 9.95. The van der Waals surface area contributed by atoms with Crippen molar-refractivity contribution in [1.29, 1.82) is 0 Å². The van der Waals surface area contributed by atoms with Crippen molar-refractivity contribution in [2.75, 3.05) is 6.61 Å². The molecule has 2 rings (SSSR count). The number of nitrogens with two attached hydrogens (primary N) is 1. The number of carbonyl (C=O) groups is 1. The minimum Gasteiger partial charge on any atom is -0.439 e. The molecule has 1 aliphatic rings. The van der Waals surface area contributed by atoms with Crippen LogP contribution < -0.4 is 5.73 Å². The molecule has 2 N–H and O–H groups in total. The van der Waals surface area contributed by atoms with E-state index in [1.54, 1.807) is 0 Å². The predicted molar refractivity (Wildman–Crippen MR) is 72.7 cm³/mol. The third-order valence-corrected chi connectivity index (χ3v) is 3.72. The molecule has 0 spiro atoms. The maximum Gasteiger partial charge on any atom is 0.405 e. The van der Waals surface area contributed by atoms with Crippen molar-refractivity contribution in [1.82, 2.24) is 0 Å². The van der Waals surface area contributed by atoms with Gasteiger partial charge in [-0.2, -0.15) is 0 Å². The van der Waals surface area contributed by atoms with Gasteiger partial charge in [0.25, 0.3) is 0 Å². The minimum atomic E-state index is -0.749. The largest absolute Gasteiger partial charge is 0.439 e. The van der Waals surface area contributed by atoms with Gasteiger partial charge in [0.05, 0.1) is 6.61 Å². The van der Waals surface area contributed by atoms with Crippen LogP contribution >= 0.6 is 0 Å². The number of ether oxygens (including phenoxy) is 2. The summed E-state index contributed by atoms with van der Waals surface area (Å²) in [6.45, 7) is 6.74. The molecule has 1 amide bonds. The van der Waals surface area contributed by atoms with Crippen molar-refractivity contribution in [3.8, 4) is 0 Å². The quantitative estimate of drug-likeness (QED) is 0.849. The summed E-state index contributed by atoms with van der Waals surface area (Å²) in [4.78, 5) is 11.3. The van der Waals surface area contributed by atoms with Crippen molar-refractivity contribution in [2.24, 2.45) is 11.1 Å². The Morgan fingerprint density at radius 2 is 1.95 bits per heavy atom. The van der Waals surface area contributed by atoms with E-state index in [1.165, 1.54) is 0 Å². The maximum absolute atomic E-state index is 11.3. The first-order valence-electron chi connectivity index (χ1n) is 6.49. The van der Waals surface area contributed by atoms with Crippen LogP contribution in [0.5, 0.6) is 0 Å².